The molecule has 14 nitrogen and oxygen atoms in total. The molecule has 4 rings (SSSR count). The van der Waals surface area contributed by atoms with Crippen molar-refractivity contribution in [2.24, 2.45) is 9.98 Å². The van der Waals surface area contributed by atoms with E-state index in [0.29, 0.717) is 16.9 Å². The molecule has 0 aliphatic carbocycles. The van der Waals surface area contributed by atoms with Crippen LogP contribution in [0.15, 0.2) is 56.2 Å². The third-order valence-electron chi connectivity index (χ3n) is 6.23. The molecule has 2 aliphatic heterocycles. The maximum Gasteiger partial charge on any atom is 0.425 e. The van der Waals surface area contributed by atoms with E-state index in [4.69, 9.17) is 29.8 Å². The zero-order valence-corrected chi connectivity index (χ0v) is 25.2. The lowest BCUT2D eigenvalue weighted by Gasteiger charge is -2.21. The molecule has 0 aromatic heterocycles. The zero-order chi connectivity index (χ0) is 31.4. The SMILES string of the molecule is CC1=Nc2c(cccc2S(=O)(=O)O)C1(C)C.CC1=Nc2cccc(S(=O)(=O)O)c2C1(C)C.O=S(=O)=O.O=S(=O)=O. The Hall–Kier alpha value is -3.16. The predicted octanol–water partition coefficient (Wildman–Crippen LogP) is 2.63. The highest BCUT2D eigenvalue weighted by Gasteiger charge is 2.37. The van der Waals surface area contributed by atoms with Crippen LogP contribution in [0.2, 0.25) is 0 Å². The van der Waals surface area contributed by atoms with Gasteiger partial charge in [0.25, 0.3) is 20.2 Å². The van der Waals surface area contributed by atoms with Gasteiger partial charge in [-0.3, -0.25) is 19.1 Å². The summed E-state index contributed by atoms with van der Waals surface area (Å²) < 4.78 is 114. The number of aliphatic imine (C=N–C) groups is 2. The van der Waals surface area contributed by atoms with E-state index in [-0.39, 0.29) is 15.2 Å². The van der Waals surface area contributed by atoms with Crippen molar-refractivity contribution >= 4 is 64.3 Å². The highest BCUT2D eigenvalue weighted by Crippen LogP contribution is 2.44. The largest absolute Gasteiger partial charge is 0.425 e. The lowest BCUT2D eigenvalue weighted by Crippen LogP contribution is -2.25. The van der Waals surface area contributed by atoms with Gasteiger partial charge in [0, 0.05) is 27.8 Å². The maximum absolute atomic E-state index is 11.3. The topological polar surface area (TPSA) is 236 Å². The van der Waals surface area contributed by atoms with E-state index in [0.717, 1.165) is 17.0 Å². The van der Waals surface area contributed by atoms with E-state index in [1.54, 1.807) is 18.2 Å². The molecular formula is C22H26N2O12S4. The molecule has 0 spiro atoms. The van der Waals surface area contributed by atoms with Crippen LogP contribution in [0.25, 0.3) is 0 Å². The van der Waals surface area contributed by atoms with Crippen LogP contribution in [0.4, 0.5) is 11.4 Å². The van der Waals surface area contributed by atoms with Crippen molar-refractivity contribution in [2.45, 2.75) is 62.2 Å². The molecule has 0 radical (unpaired) electrons. The lowest BCUT2D eigenvalue weighted by atomic mass is 9.82. The second-order valence-corrected chi connectivity index (χ2v) is 12.9. The molecule has 0 saturated heterocycles. The first-order valence-electron chi connectivity index (χ1n) is 10.8. The van der Waals surface area contributed by atoms with Crippen LogP contribution in [0.3, 0.4) is 0 Å². The van der Waals surface area contributed by atoms with Gasteiger partial charge in [0.15, 0.2) is 0 Å². The Morgan fingerprint density at radius 1 is 0.650 bits per heavy atom. The molecular weight excluding hydrogens is 613 g/mol. The molecule has 2 heterocycles. The molecule has 40 heavy (non-hydrogen) atoms. The van der Waals surface area contributed by atoms with Crippen LogP contribution in [0.5, 0.6) is 0 Å². The van der Waals surface area contributed by atoms with Crippen molar-refractivity contribution in [2.75, 3.05) is 0 Å². The summed E-state index contributed by atoms with van der Waals surface area (Å²) in [6.07, 6.45) is 0. The zero-order valence-electron chi connectivity index (χ0n) is 22.0. The number of hydrogen-bond donors (Lipinski definition) is 2. The van der Waals surface area contributed by atoms with E-state index in [2.05, 4.69) is 9.98 Å². The smallest absolute Gasteiger partial charge is 0.282 e. The fourth-order valence-electron chi connectivity index (χ4n) is 3.81. The van der Waals surface area contributed by atoms with Gasteiger partial charge < -0.3 is 0 Å². The first-order valence-corrected chi connectivity index (χ1v) is 15.7. The van der Waals surface area contributed by atoms with Gasteiger partial charge >= 0.3 is 21.2 Å². The molecule has 0 amide bonds. The third-order valence-corrected chi connectivity index (χ3v) is 8.02. The molecule has 18 heteroatoms. The quantitative estimate of drug-likeness (QED) is 0.452. The summed E-state index contributed by atoms with van der Waals surface area (Å²) in [6, 6.07) is 9.57. The summed E-state index contributed by atoms with van der Waals surface area (Å²) in [4.78, 5) is 8.41. The van der Waals surface area contributed by atoms with Crippen molar-refractivity contribution in [3.05, 3.63) is 47.5 Å². The van der Waals surface area contributed by atoms with Crippen LogP contribution >= 0.6 is 0 Å². The predicted molar refractivity (Wildman–Crippen MR) is 143 cm³/mol. The first-order chi connectivity index (χ1) is 18.0. The van der Waals surface area contributed by atoms with Gasteiger partial charge in [-0.05, 0) is 37.6 Å². The summed E-state index contributed by atoms with van der Waals surface area (Å²) in [5.41, 5.74) is 3.36. The van der Waals surface area contributed by atoms with Gasteiger partial charge in [0.05, 0.1) is 11.4 Å². The number of benzene rings is 2. The van der Waals surface area contributed by atoms with Crippen LogP contribution in [-0.4, -0.2) is 62.6 Å². The lowest BCUT2D eigenvalue weighted by molar-refractivity contribution is 0.479. The minimum atomic E-state index is -4.21. The average Bonchev–Trinajstić information content (AvgIpc) is 3.14. The van der Waals surface area contributed by atoms with Gasteiger partial charge in [-0.1, -0.05) is 45.9 Å². The fourth-order valence-corrected chi connectivity index (χ4v) is 5.33. The van der Waals surface area contributed by atoms with Crippen LogP contribution < -0.4 is 0 Å². The van der Waals surface area contributed by atoms with Crippen LogP contribution in [0.1, 0.15) is 52.7 Å². The van der Waals surface area contributed by atoms with Crippen LogP contribution in [-0.2, 0) is 52.3 Å². The molecule has 0 bridgehead atoms. The molecule has 220 valence electrons. The second kappa shape index (κ2) is 12.6. The van der Waals surface area contributed by atoms with Crippen molar-refractivity contribution in [3.8, 4) is 0 Å². The monoisotopic (exact) mass is 638 g/mol. The fraction of sp³-hybridized carbons (Fsp3) is 0.364. The van der Waals surface area contributed by atoms with E-state index in [1.165, 1.54) is 12.1 Å². The highest BCUT2D eigenvalue weighted by atomic mass is 32.2. The van der Waals surface area contributed by atoms with Gasteiger partial charge in [-0.15, -0.1) is 25.3 Å². The van der Waals surface area contributed by atoms with E-state index in [1.807, 2.05) is 47.6 Å². The van der Waals surface area contributed by atoms with Crippen molar-refractivity contribution in [1.29, 1.82) is 0 Å². The Morgan fingerprint density at radius 2 is 1.05 bits per heavy atom. The standard InChI is InChI=1S/2C11H13NO3S.2O3S/c1-7-11(2,3)10-8(12-7)5-4-6-9(10)16(13,14)15;1-7-11(2,3)8-5-4-6-9(10(8)12-7)16(13,14)15;2*1-4(2)3/h2*4-6H,1-3H3,(H,13,14,15);;. The maximum atomic E-state index is 11.3. The number of para-hydroxylation sites is 1. The summed E-state index contributed by atoms with van der Waals surface area (Å²) in [6.45, 7) is 11.5. The number of fused-ring (bicyclic) bond motifs is 2. The van der Waals surface area contributed by atoms with Crippen molar-refractivity contribution < 1.29 is 51.2 Å². The minimum absolute atomic E-state index is 0.0457. The molecule has 0 saturated carbocycles. The van der Waals surface area contributed by atoms with E-state index < -0.39 is 46.9 Å². The molecule has 0 unspecified atom stereocenters. The Kier molecular flexibility index (Phi) is 11.0. The number of rotatable bonds is 2. The Morgan fingerprint density at radius 3 is 1.50 bits per heavy atom. The molecule has 0 atom stereocenters. The molecule has 2 N–H and O–H groups in total. The Balaban J connectivity index is 0.000000317. The minimum Gasteiger partial charge on any atom is -0.282 e. The summed E-state index contributed by atoms with van der Waals surface area (Å²) >= 11 is 0. The number of hydrogen-bond acceptors (Lipinski definition) is 12. The van der Waals surface area contributed by atoms with Crippen molar-refractivity contribution in [3.63, 3.8) is 0 Å². The Bertz CT molecular complexity index is 1780. The molecule has 2 aliphatic rings. The Labute approximate surface area is 234 Å². The first kappa shape index (κ1) is 34.9. The third kappa shape index (κ3) is 8.42. The van der Waals surface area contributed by atoms with Crippen molar-refractivity contribution in [1.82, 2.24) is 0 Å². The molecule has 2 aromatic carbocycles. The second-order valence-electron chi connectivity index (χ2n) is 9.31. The van der Waals surface area contributed by atoms with E-state index >= 15 is 0 Å². The van der Waals surface area contributed by atoms with Crippen LogP contribution in [0, 0.1) is 0 Å². The van der Waals surface area contributed by atoms with E-state index in [9.17, 15) is 21.4 Å². The normalized spacial score (nSPS) is 15.7. The summed E-state index contributed by atoms with van der Waals surface area (Å²) in [5, 5.41) is 0. The molecule has 2 aromatic rings. The summed E-state index contributed by atoms with van der Waals surface area (Å²) in [5.74, 6) is 0. The van der Waals surface area contributed by atoms with Gasteiger partial charge in [0.2, 0.25) is 0 Å². The summed E-state index contributed by atoms with van der Waals surface area (Å²) in [7, 11) is -14.6. The highest BCUT2D eigenvalue weighted by molar-refractivity contribution is 7.86. The van der Waals surface area contributed by atoms with Gasteiger partial charge in [-0.25, -0.2) is 0 Å². The molecule has 0 fully saturated rings. The van der Waals surface area contributed by atoms with Gasteiger partial charge in [-0.2, -0.15) is 16.8 Å². The van der Waals surface area contributed by atoms with Gasteiger partial charge in [0.1, 0.15) is 9.79 Å². The number of nitrogens with zero attached hydrogens (tertiary/aromatic N) is 2. The average molecular weight is 639 g/mol.